The van der Waals surface area contributed by atoms with Gasteiger partial charge in [0.25, 0.3) is 5.91 Å². The topological polar surface area (TPSA) is 84.2 Å². The third-order valence-electron chi connectivity index (χ3n) is 5.53. The first-order chi connectivity index (χ1) is 13.3. The van der Waals surface area contributed by atoms with E-state index in [-0.39, 0.29) is 41.3 Å². The molecule has 0 bridgehead atoms. The SMILES string of the molecule is CNC(=O)c1ccc(C[C@H](N)CNC(=O)[C@@H]2C[C@@]2(C)c2ccccc2)cc1F.Cl. The van der Waals surface area contributed by atoms with E-state index < -0.39 is 11.7 Å². The summed E-state index contributed by atoms with van der Waals surface area (Å²) in [5.41, 5.74) is 7.86. The monoisotopic (exact) mass is 419 g/mol. The van der Waals surface area contributed by atoms with E-state index >= 15 is 0 Å². The van der Waals surface area contributed by atoms with Gasteiger partial charge in [-0.05, 0) is 36.1 Å². The van der Waals surface area contributed by atoms with Gasteiger partial charge in [0.15, 0.2) is 0 Å². The quantitative estimate of drug-likeness (QED) is 0.644. The van der Waals surface area contributed by atoms with Crippen molar-refractivity contribution in [3.63, 3.8) is 0 Å². The zero-order chi connectivity index (χ0) is 20.3. The standard InChI is InChI=1S/C22H26FN3O2.ClH/c1-22(15-6-4-3-5-7-15)12-18(22)21(28)26-13-16(24)10-14-8-9-17(19(23)11-14)20(27)25-2;/h3-9,11,16,18H,10,12-13,24H2,1-2H3,(H,25,27)(H,26,28);1H/t16-,18-,22-;/m0./s1. The summed E-state index contributed by atoms with van der Waals surface area (Å²) in [6.07, 6.45) is 1.23. The fourth-order valence-electron chi connectivity index (χ4n) is 3.62. The Morgan fingerprint density at radius 3 is 2.55 bits per heavy atom. The first-order valence-corrected chi connectivity index (χ1v) is 9.44. The molecule has 2 aromatic carbocycles. The van der Waals surface area contributed by atoms with E-state index in [9.17, 15) is 14.0 Å². The molecule has 1 fully saturated rings. The number of amides is 2. The van der Waals surface area contributed by atoms with E-state index in [4.69, 9.17) is 5.73 Å². The van der Waals surface area contributed by atoms with E-state index in [1.165, 1.54) is 24.7 Å². The number of halogens is 2. The van der Waals surface area contributed by atoms with Gasteiger partial charge in [-0.25, -0.2) is 4.39 Å². The summed E-state index contributed by atoms with van der Waals surface area (Å²) >= 11 is 0. The zero-order valence-electron chi connectivity index (χ0n) is 16.6. The lowest BCUT2D eigenvalue weighted by atomic mass is 9.95. The van der Waals surface area contributed by atoms with Crippen LogP contribution in [0, 0.1) is 11.7 Å². The maximum absolute atomic E-state index is 14.0. The van der Waals surface area contributed by atoms with Crippen LogP contribution in [0.5, 0.6) is 0 Å². The summed E-state index contributed by atoms with van der Waals surface area (Å²) < 4.78 is 14.0. The maximum Gasteiger partial charge on any atom is 0.253 e. The van der Waals surface area contributed by atoms with E-state index in [1.54, 1.807) is 6.07 Å². The summed E-state index contributed by atoms with van der Waals surface area (Å²) in [4.78, 5) is 24.0. The highest BCUT2D eigenvalue weighted by Crippen LogP contribution is 2.53. The van der Waals surface area contributed by atoms with Gasteiger partial charge in [-0.1, -0.05) is 43.3 Å². The van der Waals surface area contributed by atoms with Crippen LogP contribution in [0.2, 0.25) is 0 Å². The molecule has 29 heavy (non-hydrogen) atoms. The number of carbonyl (C=O) groups excluding carboxylic acids is 2. The molecule has 2 aromatic rings. The predicted octanol–water partition coefficient (Wildman–Crippen LogP) is 2.57. The van der Waals surface area contributed by atoms with Gasteiger partial charge in [0.1, 0.15) is 5.82 Å². The van der Waals surface area contributed by atoms with Crippen molar-refractivity contribution in [1.82, 2.24) is 10.6 Å². The van der Waals surface area contributed by atoms with Gasteiger partial charge in [0.2, 0.25) is 5.91 Å². The minimum Gasteiger partial charge on any atom is -0.355 e. The van der Waals surface area contributed by atoms with E-state index in [0.717, 1.165) is 6.42 Å². The molecular formula is C22H27ClFN3O2. The molecular weight excluding hydrogens is 393 g/mol. The Labute approximate surface area is 176 Å². The molecule has 7 heteroatoms. The summed E-state index contributed by atoms with van der Waals surface area (Å²) in [5, 5.41) is 5.32. The smallest absolute Gasteiger partial charge is 0.253 e. The van der Waals surface area contributed by atoms with Crippen molar-refractivity contribution in [3.05, 3.63) is 71.0 Å². The van der Waals surface area contributed by atoms with Gasteiger partial charge < -0.3 is 16.4 Å². The Hall–Kier alpha value is -2.44. The highest BCUT2D eigenvalue weighted by atomic mass is 35.5. The Balaban J connectivity index is 0.00000300. The minimum atomic E-state index is -0.579. The van der Waals surface area contributed by atoms with Crippen LogP contribution in [0.15, 0.2) is 48.5 Å². The lowest BCUT2D eigenvalue weighted by molar-refractivity contribution is -0.122. The van der Waals surface area contributed by atoms with Crippen LogP contribution in [0.25, 0.3) is 0 Å². The van der Waals surface area contributed by atoms with Crippen molar-refractivity contribution in [3.8, 4) is 0 Å². The molecule has 156 valence electrons. The Morgan fingerprint density at radius 2 is 1.93 bits per heavy atom. The average molecular weight is 420 g/mol. The second kappa shape index (κ2) is 9.37. The van der Waals surface area contributed by atoms with Crippen molar-refractivity contribution in [2.45, 2.75) is 31.2 Å². The van der Waals surface area contributed by atoms with Gasteiger partial charge in [-0.2, -0.15) is 0 Å². The van der Waals surface area contributed by atoms with Crippen LogP contribution < -0.4 is 16.4 Å². The highest BCUT2D eigenvalue weighted by molar-refractivity contribution is 5.94. The molecule has 1 aliphatic carbocycles. The van der Waals surface area contributed by atoms with Crippen molar-refractivity contribution in [2.24, 2.45) is 11.7 Å². The number of rotatable bonds is 7. The van der Waals surface area contributed by atoms with Gasteiger partial charge >= 0.3 is 0 Å². The van der Waals surface area contributed by atoms with Gasteiger partial charge in [-0.15, -0.1) is 12.4 Å². The Kier molecular flexibility index (Phi) is 7.38. The molecule has 0 saturated heterocycles. The van der Waals surface area contributed by atoms with Crippen LogP contribution >= 0.6 is 12.4 Å². The number of hydrogen-bond donors (Lipinski definition) is 3. The average Bonchev–Trinajstić information content (AvgIpc) is 3.39. The molecule has 5 nitrogen and oxygen atoms in total. The maximum atomic E-state index is 14.0. The number of benzene rings is 2. The predicted molar refractivity (Wildman–Crippen MR) is 114 cm³/mol. The molecule has 0 radical (unpaired) electrons. The van der Waals surface area contributed by atoms with Gasteiger partial charge in [0.05, 0.1) is 5.56 Å². The second-order valence-corrected chi connectivity index (χ2v) is 7.64. The summed E-state index contributed by atoms with van der Waals surface area (Å²) in [6, 6.07) is 14.2. The van der Waals surface area contributed by atoms with E-state index in [0.29, 0.717) is 18.5 Å². The van der Waals surface area contributed by atoms with Crippen LogP contribution in [0.4, 0.5) is 4.39 Å². The van der Waals surface area contributed by atoms with Crippen molar-refractivity contribution in [2.75, 3.05) is 13.6 Å². The number of nitrogens with one attached hydrogen (secondary N) is 2. The second-order valence-electron chi connectivity index (χ2n) is 7.64. The Bertz CT molecular complexity index is 878. The number of nitrogens with two attached hydrogens (primary N) is 1. The van der Waals surface area contributed by atoms with Crippen LogP contribution in [-0.4, -0.2) is 31.4 Å². The molecule has 0 aromatic heterocycles. The molecule has 2 amide bonds. The molecule has 0 heterocycles. The first-order valence-electron chi connectivity index (χ1n) is 9.44. The minimum absolute atomic E-state index is 0. The molecule has 3 atom stereocenters. The molecule has 1 aliphatic rings. The third kappa shape index (κ3) is 5.14. The largest absolute Gasteiger partial charge is 0.355 e. The van der Waals surface area contributed by atoms with Crippen LogP contribution in [0.1, 0.15) is 34.8 Å². The van der Waals surface area contributed by atoms with Crippen molar-refractivity contribution in [1.29, 1.82) is 0 Å². The fraction of sp³-hybridized carbons (Fsp3) is 0.364. The summed E-state index contributed by atoms with van der Waals surface area (Å²) in [5.74, 6) is -1.09. The highest BCUT2D eigenvalue weighted by Gasteiger charge is 2.55. The Morgan fingerprint density at radius 1 is 1.24 bits per heavy atom. The molecule has 3 rings (SSSR count). The number of carbonyl (C=O) groups is 2. The summed E-state index contributed by atoms with van der Waals surface area (Å²) in [6.45, 7) is 2.42. The van der Waals surface area contributed by atoms with Crippen molar-refractivity contribution < 1.29 is 14.0 Å². The van der Waals surface area contributed by atoms with Crippen LogP contribution in [0.3, 0.4) is 0 Å². The van der Waals surface area contributed by atoms with Gasteiger partial charge in [0, 0.05) is 31.0 Å². The van der Waals surface area contributed by atoms with Crippen LogP contribution in [-0.2, 0) is 16.6 Å². The third-order valence-corrected chi connectivity index (χ3v) is 5.53. The molecule has 0 aliphatic heterocycles. The lowest BCUT2D eigenvalue weighted by Gasteiger charge is -2.15. The van der Waals surface area contributed by atoms with E-state index in [1.807, 2.05) is 18.2 Å². The molecule has 0 unspecified atom stereocenters. The fourth-order valence-corrected chi connectivity index (χ4v) is 3.62. The van der Waals surface area contributed by atoms with E-state index in [2.05, 4.69) is 29.7 Å². The first kappa shape index (κ1) is 22.8. The molecule has 4 N–H and O–H groups in total. The normalized spacial score (nSPS) is 20.9. The summed E-state index contributed by atoms with van der Waals surface area (Å²) in [7, 11) is 1.46. The lowest BCUT2D eigenvalue weighted by Crippen LogP contribution is -2.40. The molecule has 1 saturated carbocycles. The molecule has 0 spiro atoms. The van der Waals surface area contributed by atoms with Crippen molar-refractivity contribution >= 4 is 24.2 Å². The number of hydrogen-bond acceptors (Lipinski definition) is 3. The zero-order valence-corrected chi connectivity index (χ0v) is 17.4. The van der Waals surface area contributed by atoms with Gasteiger partial charge in [-0.3, -0.25) is 9.59 Å².